The van der Waals surface area contributed by atoms with Gasteiger partial charge in [-0.05, 0) is 13.0 Å². The van der Waals surface area contributed by atoms with Crippen LogP contribution in [0.4, 0.5) is 0 Å². The van der Waals surface area contributed by atoms with E-state index in [1.807, 2.05) is 13.1 Å². The van der Waals surface area contributed by atoms with Gasteiger partial charge in [-0.15, -0.1) is 5.92 Å². The molecule has 1 aromatic heterocycles. The second-order valence-corrected chi connectivity index (χ2v) is 1.57. The van der Waals surface area contributed by atoms with E-state index in [9.17, 15) is 0 Å². The highest BCUT2D eigenvalue weighted by molar-refractivity contribution is 4.95. The van der Waals surface area contributed by atoms with Gasteiger partial charge in [-0.3, -0.25) is 4.68 Å². The summed E-state index contributed by atoms with van der Waals surface area (Å²) in [6, 6.07) is 1.76. The Hall–Kier alpha value is -1.23. The van der Waals surface area contributed by atoms with Gasteiger partial charge in [0, 0.05) is 6.20 Å². The lowest BCUT2D eigenvalue weighted by molar-refractivity contribution is 0.713. The molecule has 0 aliphatic rings. The molecule has 0 unspecified atom stereocenters. The standard InChI is InChI=1S/C7H7N2/c1-2-3-6-9-7-4-5-8-9/h4,7H,6H2,1H3. The summed E-state index contributed by atoms with van der Waals surface area (Å²) in [5, 5.41) is 3.84. The van der Waals surface area contributed by atoms with Crippen molar-refractivity contribution in [3.05, 3.63) is 18.5 Å². The summed E-state index contributed by atoms with van der Waals surface area (Å²) in [7, 11) is 0. The molecule has 1 aromatic rings. The molecule has 0 aliphatic carbocycles. The average Bonchev–Trinajstić information content (AvgIpc) is 2.34. The van der Waals surface area contributed by atoms with Gasteiger partial charge in [-0.2, -0.15) is 5.10 Å². The Kier molecular flexibility index (Phi) is 1.92. The zero-order valence-electron chi connectivity index (χ0n) is 5.26. The first-order valence-electron chi connectivity index (χ1n) is 2.72. The van der Waals surface area contributed by atoms with Crippen molar-refractivity contribution >= 4 is 0 Å². The van der Waals surface area contributed by atoms with Crippen molar-refractivity contribution in [2.45, 2.75) is 13.5 Å². The van der Waals surface area contributed by atoms with E-state index in [1.165, 1.54) is 0 Å². The lowest BCUT2D eigenvalue weighted by atomic mass is 10.6. The molecule has 0 aliphatic heterocycles. The molecule has 0 amide bonds. The first-order chi connectivity index (χ1) is 4.43. The molecule has 2 heteroatoms. The van der Waals surface area contributed by atoms with Gasteiger partial charge in [-0.1, -0.05) is 5.92 Å². The van der Waals surface area contributed by atoms with Crippen LogP contribution in [0.15, 0.2) is 12.3 Å². The lowest BCUT2D eigenvalue weighted by Gasteiger charge is -1.87. The fourth-order valence-corrected chi connectivity index (χ4v) is 0.508. The maximum absolute atomic E-state index is 3.84. The number of aromatic nitrogens is 2. The molecule has 0 spiro atoms. The lowest BCUT2D eigenvalue weighted by Crippen LogP contribution is -1.94. The topological polar surface area (TPSA) is 17.8 Å². The molecular weight excluding hydrogens is 112 g/mol. The largest absolute Gasteiger partial charge is 0.260 e. The smallest absolute Gasteiger partial charge is 0.113 e. The van der Waals surface area contributed by atoms with Gasteiger partial charge in [0.25, 0.3) is 0 Å². The Labute approximate surface area is 54.5 Å². The zero-order valence-corrected chi connectivity index (χ0v) is 5.26. The number of rotatable bonds is 1. The van der Waals surface area contributed by atoms with Crippen molar-refractivity contribution < 1.29 is 0 Å². The van der Waals surface area contributed by atoms with E-state index in [2.05, 4.69) is 23.1 Å². The maximum Gasteiger partial charge on any atom is 0.113 e. The van der Waals surface area contributed by atoms with Crippen molar-refractivity contribution in [2.24, 2.45) is 0 Å². The Morgan fingerprint density at radius 3 is 3.22 bits per heavy atom. The van der Waals surface area contributed by atoms with Crippen LogP contribution in [0.2, 0.25) is 0 Å². The zero-order chi connectivity index (χ0) is 6.53. The van der Waals surface area contributed by atoms with Crippen molar-refractivity contribution in [3.8, 4) is 11.8 Å². The molecule has 1 heterocycles. The van der Waals surface area contributed by atoms with E-state index in [4.69, 9.17) is 0 Å². The van der Waals surface area contributed by atoms with Crippen LogP contribution in [-0.4, -0.2) is 9.78 Å². The SMILES string of the molecule is CC#CCn1cc[c]n1. The van der Waals surface area contributed by atoms with E-state index >= 15 is 0 Å². The second kappa shape index (κ2) is 2.93. The van der Waals surface area contributed by atoms with Gasteiger partial charge in [0.2, 0.25) is 0 Å². The first kappa shape index (κ1) is 5.90. The minimum Gasteiger partial charge on any atom is -0.260 e. The minimum absolute atomic E-state index is 0.667. The number of nitrogens with zero attached hydrogens (tertiary/aromatic N) is 2. The van der Waals surface area contributed by atoms with Crippen LogP contribution >= 0.6 is 0 Å². The third-order valence-corrected chi connectivity index (χ3v) is 0.925. The van der Waals surface area contributed by atoms with E-state index in [0.717, 1.165) is 0 Å². The quantitative estimate of drug-likeness (QED) is 0.498. The molecule has 1 rings (SSSR count). The highest BCUT2D eigenvalue weighted by atomic mass is 15.3. The van der Waals surface area contributed by atoms with Gasteiger partial charge in [0.05, 0.1) is 0 Å². The highest BCUT2D eigenvalue weighted by Crippen LogP contribution is 1.80. The van der Waals surface area contributed by atoms with Crippen molar-refractivity contribution in [2.75, 3.05) is 0 Å². The van der Waals surface area contributed by atoms with E-state index < -0.39 is 0 Å². The predicted molar refractivity (Wildman–Crippen MR) is 34.5 cm³/mol. The number of hydrogen-bond acceptors (Lipinski definition) is 1. The van der Waals surface area contributed by atoms with Crippen molar-refractivity contribution in [3.63, 3.8) is 0 Å². The molecule has 0 atom stereocenters. The summed E-state index contributed by atoms with van der Waals surface area (Å²) in [6.45, 7) is 2.48. The molecule has 0 saturated carbocycles. The second-order valence-electron chi connectivity index (χ2n) is 1.57. The Bertz CT molecular complexity index is 213. The van der Waals surface area contributed by atoms with E-state index in [0.29, 0.717) is 6.54 Å². The molecular formula is C7H7N2. The number of hydrogen-bond donors (Lipinski definition) is 0. The van der Waals surface area contributed by atoms with Gasteiger partial charge < -0.3 is 0 Å². The molecule has 0 fully saturated rings. The van der Waals surface area contributed by atoms with Gasteiger partial charge in [0.1, 0.15) is 12.7 Å². The third-order valence-electron chi connectivity index (χ3n) is 0.925. The summed E-state index contributed by atoms with van der Waals surface area (Å²) in [5.74, 6) is 5.66. The fourth-order valence-electron chi connectivity index (χ4n) is 0.508. The van der Waals surface area contributed by atoms with Crippen LogP contribution < -0.4 is 0 Å². The summed E-state index contributed by atoms with van der Waals surface area (Å²) in [4.78, 5) is 0. The van der Waals surface area contributed by atoms with Crippen LogP contribution in [-0.2, 0) is 6.54 Å². The van der Waals surface area contributed by atoms with Gasteiger partial charge >= 0.3 is 0 Å². The van der Waals surface area contributed by atoms with Crippen molar-refractivity contribution in [1.29, 1.82) is 0 Å². The molecule has 0 saturated heterocycles. The monoisotopic (exact) mass is 119 g/mol. The minimum atomic E-state index is 0.667. The van der Waals surface area contributed by atoms with Gasteiger partial charge in [-0.25, -0.2) is 0 Å². The third kappa shape index (κ3) is 1.61. The Balaban J connectivity index is 2.54. The first-order valence-corrected chi connectivity index (χ1v) is 2.72. The Morgan fingerprint density at radius 2 is 2.67 bits per heavy atom. The molecule has 2 nitrogen and oxygen atoms in total. The fraction of sp³-hybridized carbons (Fsp3) is 0.286. The molecule has 9 heavy (non-hydrogen) atoms. The maximum atomic E-state index is 3.84. The molecule has 1 radical (unpaired) electrons. The molecule has 0 N–H and O–H groups in total. The van der Waals surface area contributed by atoms with E-state index in [-0.39, 0.29) is 0 Å². The van der Waals surface area contributed by atoms with Crippen LogP contribution in [0.25, 0.3) is 0 Å². The highest BCUT2D eigenvalue weighted by Gasteiger charge is 1.81. The van der Waals surface area contributed by atoms with Crippen LogP contribution in [0.5, 0.6) is 0 Å². The summed E-state index contributed by atoms with van der Waals surface area (Å²) in [5.41, 5.74) is 0. The molecule has 45 valence electrons. The average molecular weight is 119 g/mol. The van der Waals surface area contributed by atoms with Crippen LogP contribution in [0, 0.1) is 18.0 Å². The summed E-state index contributed by atoms with van der Waals surface area (Å²) in [6.07, 6.45) is 4.52. The van der Waals surface area contributed by atoms with Crippen molar-refractivity contribution in [1.82, 2.24) is 9.78 Å². The van der Waals surface area contributed by atoms with Gasteiger partial charge in [0.15, 0.2) is 0 Å². The van der Waals surface area contributed by atoms with Crippen LogP contribution in [0.1, 0.15) is 6.92 Å². The van der Waals surface area contributed by atoms with Crippen LogP contribution in [0.3, 0.4) is 0 Å². The molecule has 0 aromatic carbocycles. The molecule has 0 bridgehead atoms. The summed E-state index contributed by atoms with van der Waals surface area (Å²) >= 11 is 0. The predicted octanol–water partition coefficient (Wildman–Crippen LogP) is 0.707. The Morgan fingerprint density at radius 1 is 1.78 bits per heavy atom. The normalized spacial score (nSPS) is 8.11. The summed E-state index contributed by atoms with van der Waals surface area (Å²) < 4.78 is 1.73. The van der Waals surface area contributed by atoms with E-state index in [1.54, 1.807) is 10.7 Å².